The van der Waals surface area contributed by atoms with E-state index in [1.165, 1.54) is 4.88 Å². The molecule has 0 aliphatic heterocycles. The van der Waals surface area contributed by atoms with E-state index in [-0.39, 0.29) is 11.9 Å². The highest BCUT2D eigenvalue weighted by molar-refractivity contribution is 7.10. The Morgan fingerprint density at radius 1 is 1.60 bits per heavy atom. The maximum atomic E-state index is 11.4. The van der Waals surface area contributed by atoms with E-state index in [2.05, 4.69) is 16.4 Å². The molecule has 2 heterocycles. The summed E-state index contributed by atoms with van der Waals surface area (Å²) in [5.41, 5.74) is 4.83. The molecule has 0 bridgehead atoms. The number of rotatable bonds is 6. The van der Waals surface area contributed by atoms with Crippen molar-refractivity contribution in [3.8, 4) is 0 Å². The van der Waals surface area contributed by atoms with E-state index in [1.807, 2.05) is 43.1 Å². The summed E-state index contributed by atoms with van der Waals surface area (Å²) in [7, 11) is 1.96. The highest BCUT2D eigenvalue weighted by atomic mass is 32.1. The Kier molecular flexibility index (Phi) is 4.25. The Morgan fingerprint density at radius 3 is 2.85 bits per heavy atom. The number of carbonyl (C=O) groups excluding carboxylic acids is 1. The van der Waals surface area contributed by atoms with Gasteiger partial charge in [0.15, 0.2) is 0 Å². The van der Waals surface area contributed by atoms with Crippen LogP contribution in [-0.2, 0) is 11.8 Å². The van der Waals surface area contributed by atoms with Gasteiger partial charge in [0.1, 0.15) is 11.9 Å². The standard InChI is InChI=1S/C14H20N4OS/c1-14(2,13(15)19)9-17-11(10-5-4-8-20-10)12-16-6-7-18(12)3/h4-8,11,17H,9H2,1-3H3,(H2,15,19). The zero-order valence-electron chi connectivity index (χ0n) is 12.0. The largest absolute Gasteiger partial charge is 0.369 e. The molecule has 6 heteroatoms. The Bertz CT molecular complexity index is 574. The van der Waals surface area contributed by atoms with Crippen molar-refractivity contribution < 1.29 is 4.79 Å². The number of imidazole rings is 1. The van der Waals surface area contributed by atoms with Gasteiger partial charge < -0.3 is 15.6 Å². The molecule has 0 radical (unpaired) electrons. The van der Waals surface area contributed by atoms with E-state index in [1.54, 1.807) is 17.5 Å². The SMILES string of the molecule is Cn1ccnc1C(NCC(C)(C)C(N)=O)c1cccs1. The maximum absolute atomic E-state index is 11.4. The molecule has 2 aromatic rings. The molecule has 5 nitrogen and oxygen atoms in total. The number of carbonyl (C=O) groups is 1. The van der Waals surface area contributed by atoms with Gasteiger partial charge in [0.2, 0.25) is 5.91 Å². The summed E-state index contributed by atoms with van der Waals surface area (Å²) in [5, 5.41) is 5.45. The Morgan fingerprint density at radius 2 is 2.35 bits per heavy atom. The van der Waals surface area contributed by atoms with Crippen LogP contribution in [0.15, 0.2) is 29.9 Å². The van der Waals surface area contributed by atoms with Crippen molar-refractivity contribution in [2.75, 3.05) is 6.54 Å². The Hall–Kier alpha value is -1.66. The average molecular weight is 292 g/mol. The first-order valence-electron chi connectivity index (χ1n) is 6.46. The third-order valence-corrected chi connectivity index (χ3v) is 4.30. The summed E-state index contributed by atoms with van der Waals surface area (Å²) in [5.74, 6) is 0.613. The van der Waals surface area contributed by atoms with Gasteiger partial charge in [0.25, 0.3) is 0 Å². The molecule has 1 unspecified atom stereocenters. The molecule has 0 aromatic carbocycles. The Labute approximate surface area is 122 Å². The number of hydrogen-bond acceptors (Lipinski definition) is 4. The maximum Gasteiger partial charge on any atom is 0.224 e. The lowest BCUT2D eigenvalue weighted by atomic mass is 9.92. The van der Waals surface area contributed by atoms with Crippen LogP contribution in [-0.4, -0.2) is 22.0 Å². The van der Waals surface area contributed by atoms with Gasteiger partial charge in [0.05, 0.1) is 5.41 Å². The van der Waals surface area contributed by atoms with Crippen molar-refractivity contribution in [3.05, 3.63) is 40.6 Å². The van der Waals surface area contributed by atoms with Gasteiger partial charge in [-0.2, -0.15) is 0 Å². The molecule has 108 valence electrons. The number of nitrogens with two attached hydrogens (primary N) is 1. The summed E-state index contributed by atoms with van der Waals surface area (Å²) < 4.78 is 1.98. The van der Waals surface area contributed by atoms with Crippen molar-refractivity contribution in [2.24, 2.45) is 18.2 Å². The second kappa shape index (κ2) is 5.76. The van der Waals surface area contributed by atoms with E-state index >= 15 is 0 Å². The van der Waals surface area contributed by atoms with Crippen molar-refractivity contribution in [2.45, 2.75) is 19.9 Å². The van der Waals surface area contributed by atoms with Crippen LogP contribution < -0.4 is 11.1 Å². The molecule has 2 rings (SSSR count). The molecule has 0 saturated carbocycles. The first-order chi connectivity index (χ1) is 9.42. The molecule has 0 spiro atoms. The van der Waals surface area contributed by atoms with Gasteiger partial charge in [-0.3, -0.25) is 4.79 Å². The molecule has 0 saturated heterocycles. The van der Waals surface area contributed by atoms with Gasteiger partial charge in [-0.05, 0) is 25.3 Å². The van der Waals surface area contributed by atoms with Crippen LogP contribution in [0, 0.1) is 5.41 Å². The highest BCUT2D eigenvalue weighted by Crippen LogP contribution is 2.26. The van der Waals surface area contributed by atoms with E-state index < -0.39 is 5.41 Å². The fourth-order valence-corrected chi connectivity index (χ4v) is 2.67. The normalized spacial score (nSPS) is 13.3. The van der Waals surface area contributed by atoms with Gasteiger partial charge in [-0.1, -0.05) is 6.07 Å². The number of aromatic nitrogens is 2. The van der Waals surface area contributed by atoms with Gasteiger partial charge >= 0.3 is 0 Å². The van der Waals surface area contributed by atoms with Gasteiger partial charge in [0, 0.05) is 30.9 Å². The number of hydrogen-bond donors (Lipinski definition) is 2. The predicted octanol–water partition coefficient (Wildman–Crippen LogP) is 1.67. The van der Waals surface area contributed by atoms with Crippen molar-refractivity contribution >= 4 is 17.2 Å². The quantitative estimate of drug-likeness (QED) is 0.850. The number of aryl methyl sites for hydroxylation is 1. The first kappa shape index (κ1) is 14.7. The van der Waals surface area contributed by atoms with E-state index in [0.717, 1.165) is 5.82 Å². The number of nitrogens with one attached hydrogen (secondary N) is 1. The lowest BCUT2D eigenvalue weighted by Gasteiger charge is -2.25. The van der Waals surface area contributed by atoms with Crippen LogP contribution in [0.4, 0.5) is 0 Å². The molecule has 0 aliphatic carbocycles. The van der Waals surface area contributed by atoms with Crippen LogP contribution >= 0.6 is 11.3 Å². The van der Waals surface area contributed by atoms with Crippen molar-refractivity contribution in [3.63, 3.8) is 0 Å². The molecule has 20 heavy (non-hydrogen) atoms. The minimum absolute atomic E-state index is 0.0337. The minimum atomic E-state index is -0.597. The van der Waals surface area contributed by atoms with Crippen LogP contribution in [0.5, 0.6) is 0 Å². The highest BCUT2D eigenvalue weighted by Gasteiger charge is 2.28. The smallest absolute Gasteiger partial charge is 0.224 e. The fourth-order valence-electron chi connectivity index (χ4n) is 1.87. The molecule has 0 aliphatic rings. The fraction of sp³-hybridized carbons (Fsp3) is 0.429. The number of thiophene rings is 1. The second-order valence-electron chi connectivity index (χ2n) is 5.47. The zero-order chi connectivity index (χ0) is 14.8. The summed E-state index contributed by atoms with van der Waals surface area (Å²) in [4.78, 5) is 17.0. The molecular formula is C14H20N4OS. The topological polar surface area (TPSA) is 72.9 Å². The lowest BCUT2D eigenvalue weighted by molar-refractivity contribution is -0.125. The first-order valence-corrected chi connectivity index (χ1v) is 7.33. The van der Waals surface area contributed by atoms with Gasteiger partial charge in [-0.15, -0.1) is 11.3 Å². The molecule has 2 aromatic heterocycles. The summed E-state index contributed by atoms with van der Waals surface area (Å²) in [6.07, 6.45) is 3.69. The van der Waals surface area contributed by atoms with E-state index in [9.17, 15) is 4.79 Å². The number of primary amides is 1. The minimum Gasteiger partial charge on any atom is -0.369 e. The summed E-state index contributed by atoms with van der Waals surface area (Å²) in [6.45, 7) is 4.18. The van der Waals surface area contributed by atoms with Crippen molar-refractivity contribution in [1.29, 1.82) is 0 Å². The number of nitrogens with zero attached hydrogens (tertiary/aromatic N) is 2. The predicted molar refractivity (Wildman–Crippen MR) is 80.3 cm³/mol. The van der Waals surface area contributed by atoms with Gasteiger partial charge in [-0.25, -0.2) is 4.98 Å². The monoisotopic (exact) mass is 292 g/mol. The summed E-state index contributed by atoms with van der Waals surface area (Å²) in [6, 6.07) is 4.04. The molecule has 3 N–H and O–H groups in total. The van der Waals surface area contributed by atoms with Crippen LogP contribution in [0.25, 0.3) is 0 Å². The molecular weight excluding hydrogens is 272 g/mol. The summed E-state index contributed by atoms with van der Waals surface area (Å²) >= 11 is 1.66. The van der Waals surface area contributed by atoms with Crippen LogP contribution in [0.1, 0.15) is 30.6 Å². The van der Waals surface area contributed by atoms with E-state index in [4.69, 9.17) is 5.73 Å². The van der Waals surface area contributed by atoms with Crippen LogP contribution in [0.2, 0.25) is 0 Å². The van der Waals surface area contributed by atoms with Crippen LogP contribution in [0.3, 0.4) is 0 Å². The zero-order valence-corrected chi connectivity index (χ0v) is 12.8. The molecule has 1 atom stereocenters. The lowest BCUT2D eigenvalue weighted by Crippen LogP contribution is -2.42. The Balaban J connectivity index is 2.21. The molecule has 0 fully saturated rings. The number of amides is 1. The van der Waals surface area contributed by atoms with Crippen molar-refractivity contribution in [1.82, 2.24) is 14.9 Å². The van der Waals surface area contributed by atoms with E-state index in [0.29, 0.717) is 6.54 Å². The molecule has 1 amide bonds. The third-order valence-electron chi connectivity index (χ3n) is 3.36. The average Bonchev–Trinajstić information content (AvgIpc) is 3.02. The second-order valence-corrected chi connectivity index (χ2v) is 6.45. The third kappa shape index (κ3) is 3.08.